The highest BCUT2D eigenvalue weighted by Gasteiger charge is 2.11. The zero-order valence-electron chi connectivity index (χ0n) is 14.7. The number of anilines is 1. The van der Waals surface area contributed by atoms with Gasteiger partial charge >= 0.3 is 0 Å². The summed E-state index contributed by atoms with van der Waals surface area (Å²) in [5.74, 6) is 0.195. The van der Waals surface area contributed by atoms with Crippen molar-refractivity contribution in [2.24, 2.45) is 0 Å². The summed E-state index contributed by atoms with van der Waals surface area (Å²) in [6.45, 7) is 2.45. The number of nitrogens with one attached hydrogen (secondary N) is 1. The first kappa shape index (κ1) is 19.5. The number of benzene rings is 2. The fourth-order valence-electron chi connectivity index (χ4n) is 2.18. The zero-order chi connectivity index (χ0) is 18.9. The van der Waals surface area contributed by atoms with Crippen LogP contribution in [0, 0.1) is 0 Å². The first-order valence-electron chi connectivity index (χ1n) is 8.20. The van der Waals surface area contributed by atoms with Crippen molar-refractivity contribution in [1.29, 1.82) is 0 Å². The maximum absolute atomic E-state index is 12.1. The molecule has 0 spiro atoms. The maximum Gasteiger partial charge on any atom is 0.246 e. The van der Waals surface area contributed by atoms with E-state index < -0.39 is 0 Å². The second-order valence-corrected chi connectivity index (χ2v) is 5.96. The predicted octanol–water partition coefficient (Wildman–Crippen LogP) is 3.85. The van der Waals surface area contributed by atoms with Crippen LogP contribution in [0.25, 0.3) is 6.08 Å². The Morgan fingerprint density at radius 1 is 1.15 bits per heavy atom. The molecule has 0 atom stereocenters. The van der Waals surface area contributed by atoms with Crippen molar-refractivity contribution in [2.75, 3.05) is 25.5 Å². The number of ether oxygens (including phenoxy) is 1. The van der Waals surface area contributed by atoms with Crippen LogP contribution in [0.1, 0.15) is 12.5 Å². The summed E-state index contributed by atoms with van der Waals surface area (Å²) >= 11 is 6.00. The van der Waals surface area contributed by atoms with Gasteiger partial charge in [-0.2, -0.15) is 0 Å². The molecule has 0 aliphatic heterocycles. The van der Waals surface area contributed by atoms with Gasteiger partial charge in [0.25, 0.3) is 0 Å². The molecule has 0 bridgehead atoms. The van der Waals surface area contributed by atoms with E-state index in [1.54, 1.807) is 37.4 Å². The predicted molar refractivity (Wildman–Crippen MR) is 104 cm³/mol. The van der Waals surface area contributed by atoms with Crippen molar-refractivity contribution >= 4 is 35.2 Å². The molecule has 0 aliphatic carbocycles. The molecule has 2 rings (SSSR count). The largest absolute Gasteiger partial charge is 0.494 e. The van der Waals surface area contributed by atoms with E-state index in [9.17, 15) is 9.59 Å². The van der Waals surface area contributed by atoms with Crippen LogP contribution in [0.5, 0.6) is 5.75 Å². The molecular formula is C20H21ClN2O3. The van der Waals surface area contributed by atoms with Crippen LogP contribution in [0.4, 0.5) is 5.69 Å². The molecule has 2 aromatic carbocycles. The van der Waals surface area contributed by atoms with Crippen LogP contribution in [-0.4, -0.2) is 36.9 Å². The Balaban J connectivity index is 1.88. The number of hydrogen-bond donors (Lipinski definition) is 1. The molecule has 6 heteroatoms. The van der Waals surface area contributed by atoms with Crippen molar-refractivity contribution in [3.63, 3.8) is 0 Å². The molecule has 2 amide bonds. The van der Waals surface area contributed by atoms with Gasteiger partial charge in [-0.15, -0.1) is 0 Å². The third-order valence-electron chi connectivity index (χ3n) is 3.51. The molecule has 0 aliphatic rings. The molecule has 2 aromatic rings. The first-order valence-corrected chi connectivity index (χ1v) is 8.58. The van der Waals surface area contributed by atoms with Crippen molar-refractivity contribution in [2.45, 2.75) is 6.92 Å². The Kier molecular flexibility index (Phi) is 7.24. The minimum Gasteiger partial charge on any atom is -0.494 e. The number of amides is 2. The smallest absolute Gasteiger partial charge is 0.246 e. The lowest BCUT2D eigenvalue weighted by molar-refractivity contribution is -0.129. The SMILES string of the molecule is CCOc1ccc(C=CC(=O)N(C)CC(=O)Nc2ccccc2Cl)cc1. The fraction of sp³-hybridized carbons (Fsp3) is 0.200. The van der Waals surface area contributed by atoms with Crippen LogP contribution >= 0.6 is 11.6 Å². The molecule has 0 fully saturated rings. The molecule has 26 heavy (non-hydrogen) atoms. The summed E-state index contributed by atoms with van der Waals surface area (Å²) in [6.07, 6.45) is 3.12. The first-order chi connectivity index (χ1) is 12.5. The minimum atomic E-state index is -0.316. The molecule has 1 N–H and O–H groups in total. The van der Waals surface area contributed by atoms with Crippen LogP contribution in [0.3, 0.4) is 0 Å². The molecule has 0 saturated heterocycles. The summed E-state index contributed by atoms with van der Waals surface area (Å²) in [5, 5.41) is 3.13. The average molecular weight is 373 g/mol. The summed E-state index contributed by atoms with van der Waals surface area (Å²) < 4.78 is 5.37. The van der Waals surface area contributed by atoms with E-state index in [-0.39, 0.29) is 18.4 Å². The highest BCUT2D eigenvalue weighted by atomic mass is 35.5. The average Bonchev–Trinajstić information content (AvgIpc) is 2.63. The summed E-state index contributed by atoms with van der Waals surface area (Å²) in [6, 6.07) is 14.3. The zero-order valence-corrected chi connectivity index (χ0v) is 15.5. The minimum absolute atomic E-state index is 0.0718. The number of hydrogen-bond acceptors (Lipinski definition) is 3. The standard InChI is InChI=1S/C20H21ClN2O3/c1-3-26-16-11-8-15(9-12-16)10-13-20(25)23(2)14-19(24)22-18-7-5-4-6-17(18)21/h4-13H,3,14H2,1-2H3,(H,22,24). The van der Waals surface area contributed by atoms with Gasteiger partial charge in [0.05, 0.1) is 23.9 Å². The Labute approximate surface area is 158 Å². The van der Waals surface area contributed by atoms with Crippen LogP contribution in [0.2, 0.25) is 5.02 Å². The Morgan fingerprint density at radius 3 is 2.50 bits per heavy atom. The Bertz CT molecular complexity index is 788. The van der Waals surface area contributed by atoms with Crippen molar-refractivity contribution in [1.82, 2.24) is 4.90 Å². The van der Waals surface area contributed by atoms with E-state index in [1.165, 1.54) is 11.0 Å². The highest BCUT2D eigenvalue weighted by molar-refractivity contribution is 6.33. The maximum atomic E-state index is 12.1. The van der Waals surface area contributed by atoms with E-state index in [0.29, 0.717) is 17.3 Å². The molecule has 0 aromatic heterocycles. The number of nitrogens with zero attached hydrogens (tertiary/aromatic N) is 1. The van der Waals surface area contributed by atoms with E-state index in [2.05, 4.69) is 5.32 Å². The number of rotatable bonds is 7. The molecule has 0 radical (unpaired) electrons. The van der Waals surface area contributed by atoms with E-state index in [1.807, 2.05) is 31.2 Å². The molecule has 0 saturated carbocycles. The quantitative estimate of drug-likeness (QED) is 0.751. The summed E-state index contributed by atoms with van der Waals surface area (Å²) in [7, 11) is 1.57. The molecule has 5 nitrogen and oxygen atoms in total. The number of halogens is 1. The number of carbonyl (C=O) groups is 2. The van der Waals surface area contributed by atoms with Crippen LogP contribution in [0.15, 0.2) is 54.6 Å². The van der Waals surface area contributed by atoms with Crippen LogP contribution in [-0.2, 0) is 9.59 Å². The lowest BCUT2D eigenvalue weighted by atomic mass is 10.2. The second kappa shape index (κ2) is 9.63. The van der Waals surface area contributed by atoms with Gasteiger partial charge in [0.15, 0.2) is 0 Å². The number of carbonyl (C=O) groups excluding carboxylic acids is 2. The summed E-state index contributed by atoms with van der Waals surface area (Å²) in [5.41, 5.74) is 1.39. The van der Waals surface area contributed by atoms with Gasteiger partial charge in [-0.05, 0) is 42.8 Å². The lowest BCUT2D eigenvalue weighted by Gasteiger charge is -2.15. The van der Waals surface area contributed by atoms with Crippen LogP contribution < -0.4 is 10.1 Å². The second-order valence-electron chi connectivity index (χ2n) is 5.56. The van der Waals surface area contributed by atoms with Crippen molar-refractivity contribution < 1.29 is 14.3 Å². The number of para-hydroxylation sites is 1. The van der Waals surface area contributed by atoms with Gasteiger partial charge in [-0.1, -0.05) is 35.9 Å². The van der Waals surface area contributed by atoms with Crippen molar-refractivity contribution in [3.05, 3.63) is 65.2 Å². The van der Waals surface area contributed by atoms with Crippen molar-refractivity contribution in [3.8, 4) is 5.75 Å². The van der Waals surface area contributed by atoms with E-state index in [0.717, 1.165) is 11.3 Å². The van der Waals surface area contributed by atoms with E-state index >= 15 is 0 Å². The molecule has 136 valence electrons. The molecule has 0 unspecified atom stereocenters. The lowest BCUT2D eigenvalue weighted by Crippen LogP contribution is -2.33. The number of likely N-dealkylation sites (N-methyl/N-ethyl adjacent to an activating group) is 1. The monoisotopic (exact) mass is 372 g/mol. The van der Waals surface area contributed by atoms with Gasteiger partial charge in [-0.25, -0.2) is 0 Å². The molecule has 0 heterocycles. The fourth-order valence-corrected chi connectivity index (χ4v) is 2.37. The summed E-state index contributed by atoms with van der Waals surface area (Å²) in [4.78, 5) is 25.5. The van der Waals surface area contributed by atoms with Gasteiger partial charge < -0.3 is 15.0 Å². The third-order valence-corrected chi connectivity index (χ3v) is 3.84. The van der Waals surface area contributed by atoms with Gasteiger partial charge in [0.1, 0.15) is 5.75 Å². The van der Waals surface area contributed by atoms with Gasteiger partial charge in [0.2, 0.25) is 11.8 Å². The highest BCUT2D eigenvalue weighted by Crippen LogP contribution is 2.20. The van der Waals surface area contributed by atoms with E-state index in [4.69, 9.17) is 16.3 Å². The third kappa shape index (κ3) is 5.93. The Hall–Kier alpha value is -2.79. The topological polar surface area (TPSA) is 58.6 Å². The Morgan fingerprint density at radius 2 is 1.85 bits per heavy atom. The normalized spacial score (nSPS) is 10.6. The molecular weight excluding hydrogens is 352 g/mol. The van der Waals surface area contributed by atoms with Gasteiger partial charge in [-0.3, -0.25) is 9.59 Å². The van der Waals surface area contributed by atoms with Gasteiger partial charge in [0, 0.05) is 13.1 Å².